The van der Waals surface area contributed by atoms with Gasteiger partial charge in [-0.15, -0.1) is 5.01 Å². The van der Waals surface area contributed by atoms with Gasteiger partial charge in [-0.25, -0.2) is 35.0 Å². The molecule has 1 saturated heterocycles. The van der Waals surface area contributed by atoms with Gasteiger partial charge in [-0.1, -0.05) is 4.59 Å². The zero-order valence-corrected chi connectivity index (χ0v) is 13.5. The molecular weight excluding hydrogens is 332 g/mol. The van der Waals surface area contributed by atoms with Gasteiger partial charge in [-0.05, 0) is 13.8 Å². The number of nitrogens with two attached hydrogens (primary N) is 2. The van der Waals surface area contributed by atoms with Crippen molar-refractivity contribution in [1.82, 2.24) is 25.6 Å². The van der Waals surface area contributed by atoms with Crippen LogP contribution < -0.4 is 22.1 Å². The van der Waals surface area contributed by atoms with Crippen LogP contribution in [0.3, 0.4) is 0 Å². The fourth-order valence-electron chi connectivity index (χ4n) is 2.76. The Kier molecular flexibility index (Phi) is 3.64. The SMILES string of the molecule is CC[N+]1(N2C(N)=NC(N)=NC2c2c[nH]c(C)n2)C(=O)NC(=O)NC1=O. The van der Waals surface area contributed by atoms with Crippen LogP contribution in [-0.2, 0) is 0 Å². The van der Waals surface area contributed by atoms with E-state index in [2.05, 4.69) is 30.6 Å². The molecule has 2 aliphatic rings. The van der Waals surface area contributed by atoms with Crippen LogP contribution in [-0.4, -0.2) is 56.1 Å². The summed E-state index contributed by atoms with van der Waals surface area (Å²) in [5.41, 5.74) is 12.0. The molecule has 1 aromatic heterocycles. The quantitative estimate of drug-likeness (QED) is 0.432. The van der Waals surface area contributed by atoms with E-state index in [1.807, 2.05) is 0 Å². The number of carbonyl (C=O) groups excluding carboxylic acids is 3. The van der Waals surface area contributed by atoms with Crippen molar-refractivity contribution in [3.05, 3.63) is 17.7 Å². The lowest BCUT2D eigenvalue weighted by Crippen LogP contribution is -2.79. The molecule has 0 bridgehead atoms. The average molecular weight is 349 g/mol. The number of H-pyrrole nitrogens is 1. The predicted molar refractivity (Wildman–Crippen MR) is 84.4 cm³/mol. The first-order valence-corrected chi connectivity index (χ1v) is 7.33. The van der Waals surface area contributed by atoms with Crippen LogP contribution in [0, 0.1) is 6.92 Å². The lowest BCUT2D eigenvalue weighted by atomic mass is 10.3. The van der Waals surface area contributed by atoms with Crippen LogP contribution in [0.4, 0.5) is 14.4 Å². The molecule has 1 unspecified atom stereocenters. The zero-order valence-electron chi connectivity index (χ0n) is 13.5. The van der Waals surface area contributed by atoms with Crippen molar-refractivity contribution in [2.75, 3.05) is 6.54 Å². The number of aromatic nitrogens is 2. The van der Waals surface area contributed by atoms with Gasteiger partial charge >= 0.3 is 18.1 Å². The zero-order chi connectivity index (χ0) is 18.4. The van der Waals surface area contributed by atoms with E-state index in [9.17, 15) is 14.4 Å². The second kappa shape index (κ2) is 5.55. The van der Waals surface area contributed by atoms with Gasteiger partial charge in [0.05, 0.1) is 0 Å². The van der Waals surface area contributed by atoms with E-state index < -0.39 is 28.9 Å². The van der Waals surface area contributed by atoms with Gasteiger partial charge in [0, 0.05) is 6.20 Å². The predicted octanol–water partition coefficient (Wildman–Crippen LogP) is -1.03. The maximum Gasteiger partial charge on any atom is 0.458 e. The summed E-state index contributed by atoms with van der Waals surface area (Å²) < 4.78 is -0.992. The summed E-state index contributed by atoms with van der Waals surface area (Å²) in [7, 11) is 0. The van der Waals surface area contributed by atoms with Crippen LogP contribution in [0.2, 0.25) is 0 Å². The largest absolute Gasteiger partial charge is 0.458 e. The van der Waals surface area contributed by atoms with Crippen LogP contribution in [0.5, 0.6) is 0 Å². The lowest BCUT2D eigenvalue weighted by molar-refractivity contribution is -0.884. The Bertz CT molecular complexity index is 805. The molecule has 132 valence electrons. The maximum absolute atomic E-state index is 12.6. The molecule has 25 heavy (non-hydrogen) atoms. The Morgan fingerprint density at radius 1 is 1.24 bits per heavy atom. The molecule has 7 N–H and O–H groups in total. The summed E-state index contributed by atoms with van der Waals surface area (Å²) >= 11 is 0. The van der Waals surface area contributed by atoms with Gasteiger partial charge in [0.1, 0.15) is 18.1 Å². The number of nitrogens with zero attached hydrogens (tertiary/aromatic N) is 5. The minimum Gasteiger partial charge on any atom is -0.368 e. The third kappa shape index (κ3) is 2.37. The van der Waals surface area contributed by atoms with Crippen LogP contribution >= 0.6 is 0 Å². The van der Waals surface area contributed by atoms with Crippen molar-refractivity contribution < 1.29 is 19.0 Å². The Labute approximate surface area is 141 Å². The molecule has 1 atom stereocenters. The van der Waals surface area contributed by atoms with Gasteiger partial charge in [-0.2, -0.15) is 4.99 Å². The third-order valence-corrected chi connectivity index (χ3v) is 3.88. The Morgan fingerprint density at radius 3 is 2.40 bits per heavy atom. The maximum atomic E-state index is 12.6. The molecule has 0 saturated carbocycles. The number of carbonyl (C=O) groups is 3. The summed E-state index contributed by atoms with van der Waals surface area (Å²) in [5.74, 6) is 0.262. The van der Waals surface area contributed by atoms with E-state index in [1.165, 1.54) is 0 Å². The smallest absolute Gasteiger partial charge is 0.368 e. The molecule has 0 aromatic carbocycles. The molecule has 1 fully saturated rings. The highest BCUT2D eigenvalue weighted by Crippen LogP contribution is 2.31. The van der Waals surface area contributed by atoms with Gasteiger partial charge in [0.25, 0.3) is 0 Å². The summed E-state index contributed by atoms with van der Waals surface area (Å²) in [4.78, 5) is 51.8. The number of aliphatic imine (C=N–C) groups is 2. The number of rotatable bonds is 3. The number of amides is 6. The number of hydrogen-bond acceptors (Lipinski definition) is 9. The second-order valence-corrected chi connectivity index (χ2v) is 5.36. The van der Waals surface area contributed by atoms with Crippen molar-refractivity contribution in [1.29, 1.82) is 0 Å². The van der Waals surface area contributed by atoms with Crippen molar-refractivity contribution in [3.8, 4) is 0 Å². The van der Waals surface area contributed by atoms with Crippen LogP contribution in [0.1, 0.15) is 24.6 Å². The number of hydrogen-bond donors (Lipinski definition) is 5. The van der Waals surface area contributed by atoms with Crippen molar-refractivity contribution >= 4 is 30.0 Å². The number of guanidine groups is 2. The first-order valence-electron chi connectivity index (χ1n) is 7.33. The summed E-state index contributed by atoms with van der Waals surface area (Å²) in [5, 5.41) is 5.28. The molecule has 0 aliphatic carbocycles. The highest BCUT2D eigenvalue weighted by atomic mass is 16.3. The number of quaternary nitrogens is 1. The van der Waals surface area contributed by atoms with Crippen molar-refractivity contribution in [2.45, 2.75) is 20.0 Å². The van der Waals surface area contributed by atoms with Gasteiger partial charge in [-0.3, -0.25) is 0 Å². The Hall–Kier alpha value is -3.48. The molecule has 13 heteroatoms. The number of aromatic amines is 1. The minimum absolute atomic E-state index is 0.0590. The molecule has 13 nitrogen and oxygen atoms in total. The van der Waals surface area contributed by atoms with Crippen LogP contribution in [0.15, 0.2) is 16.2 Å². The average Bonchev–Trinajstić information content (AvgIpc) is 2.95. The standard InChI is InChI=1S/C12H16N10O3/c1-3-22(11(24)19-10(23)20-12(22)25)21-7(6-4-15-5(2)16-6)17-8(13)18-9(21)14/h4,7H,3H2,1-2H3,(H6-,13,14,15,16,17,18,19,20,23,24,25)/p+1. The number of nitrogens with one attached hydrogen (secondary N) is 3. The molecule has 6 amide bonds. The Morgan fingerprint density at radius 2 is 1.88 bits per heavy atom. The molecule has 0 radical (unpaired) electrons. The van der Waals surface area contributed by atoms with E-state index in [0.29, 0.717) is 11.5 Å². The number of imidazole rings is 1. The monoisotopic (exact) mass is 349 g/mol. The molecular formula is C12H17N10O3+. The van der Waals surface area contributed by atoms with Gasteiger partial charge < -0.3 is 16.5 Å². The van der Waals surface area contributed by atoms with Crippen molar-refractivity contribution in [2.24, 2.45) is 21.5 Å². The van der Waals surface area contributed by atoms with Crippen molar-refractivity contribution in [3.63, 3.8) is 0 Å². The fourth-order valence-corrected chi connectivity index (χ4v) is 2.76. The topological polar surface area (TPSA) is 184 Å². The second-order valence-electron chi connectivity index (χ2n) is 5.36. The van der Waals surface area contributed by atoms with E-state index in [4.69, 9.17) is 11.5 Å². The first kappa shape index (κ1) is 16.4. The number of imide groups is 3. The van der Waals surface area contributed by atoms with Gasteiger partial charge in [0.2, 0.25) is 18.1 Å². The summed E-state index contributed by atoms with van der Waals surface area (Å²) in [6, 6.07) is -2.69. The van der Waals surface area contributed by atoms with E-state index >= 15 is 0 Å². The molecule has 1 aromatic rings. The molecule has 2 aliphatic heterocycles. The first-order chi connectivity index (χ1) is 11.8. The molecule has 0 spiro atoms. The normalized spacial score (nSPS) is 22.9. The third-order valence-electron chi connectivity index (χ3n) is 3.88. The Balaban J connectivity index is 2.16. The van der Waals surface area contributed by atoms with Gasteiger partial charge in [0.15, 0.2) is 0 Å². The van der Waals surface area contributed by atoms with E-state index in [-0.39, 0.29) is 18.5 Å². The lowest BCUT2D eigenvalue weighted by Gasteiger charge is -2.43. The fraction of sp³-hybridized carbons (Fsp3) is 0.333. The minimum atomic E-state index is -0.993. The number of aryl methyl sites for hydroxylation is 1. The highest BCUT2D eigenvalue weighted by molar-refractivity contribution is 6.06. The van der Waals surface area contributed by atoms with Crippen LogP contribution in [0.25, 0.3) is 0 Å². The summed E-state index contributed by atoms with van der Waals surface area (Å²) in [6.45, 7) is 3.25. The van der Waals surface area contributed by atoms with E-state index in [1.54, 1.807) is 20.0 Å². The number of urea groups is 3. The summed E-state index contributed by atoms with van der Waals surface area (Å²) in [6.07, 6.45) is 0.562. The highest BCUT2D eigenvalue weighted by Gasteiger charge is 2.59. The molecule has 3 rings (SSSR count). The molecule has 3 heterocycles. The van der Waals surface area contributed by atoms with E-state index in [0.717, 1.165) is 5.01 Å².